The van der Waals surface area contributed by atoms with Crippen LogP contribution >= 0.6 is 26.7 Å². The molecule has 1 unspecified atom stereocenters. The molecule has 1 heterocycles. The Morgan fingerprint density at radius 1 is 0.778 bits per heavy atom. The summed E-state index contributed by atoms with van der Waals surface area (Å²) >= 11 is -0.472. The van der Waals surface area contributed by atoms with Crippen molar-refractivity contribution in [2.45, 2.75) is 129 Å². The van der Waals surface area contributed by atoms with E-state index in [2.05, 4.69) is 21.0 Å². The summed E-state index contributed by atoms with van der Waals surface area (Å²) in [6, 6.07) is 0. The van der Waals surface area contributed by atoms with Crippen molar-refractivity contribution in [3.05, 3.63) is 12.3 Å². The Bertz CT molecular complexity index is 502. The van der Waals surface area contributed by atoms with Crippen molar-refractivity contribution in [2.75, 3.05) is 33.8 Å². The third-order valence-electron chi connectivity index (χ3n) is 6.64. The van der Waals surface area contributed by atoms with Gasteiger partial charge in [0.15, 0.2) is 0 Å². The second-order valence-electron chi connectivity index (χ2n) is 10.3. The first-order valence-electron chi connectivity index (χ1n) is 13.5. The zero-order valence-corrected chi connectivity index (χ0v) is 27.9. The Kier molecular flexibility index (Phi) is 32.2. The number of likely N-dealkylation sites (tertiary alicyclic amines) is 1. The minimum atomic E-state index is -4.15. The molecule has 1 rings (SSSR count). The van der Waals surface area contributed by atoms with E-state index >= 15 is 0 Å². The largest absolute Gasteiger partial charge is 0.693 e. The molecule has 1 aliphatic rings. The summed E-state index contributed by atoms with van der Waals surface area (Å²) in [7, 11) is 9.94. The van der Waals surface area contributed by atoms with Gasteiger partial charge in [0.1, 0.15) is 0 Å². The first-order chi connectivity index (χ1) is 16.3. The second-order valence-corrected chi connectivity index (χ2v) is 15.0. The van der Waals surface area contributed by atoms with Gasteiger partial charge in [0.05, 0.1) is 39.9 Å². The van der Waals surface area contributed by atoms with Crippen LogP contribution in [0.5, 0.6) is 0 Å². The summed E-state index contributed by atoms with van der Waals surface area (Å²) < 4.78 is 23.3. The number of piperidine rings is 1. The van der Waals surface area contributed by atoms with Crippen LogP contribution in [-0.2, 0) is 30.1 Å². The molecule has 0 bridgehead atoms. The van der Waals surface area contributed by atoms with Crippen molar-refractivity contribution in [3.8, 4) is 0 Å². The standard InChI is InChI=1S/C25H52NO4P.2ClH.2H2N.Pt/c1-4-5-6-7-8-9-10-11-12-13-14-15-16-17-18-19-24-29-31(27,28)30-25-20-22-26(2,3)23-21-25;;;;;/h25H,4-24H2,1-3H3;2*1H;2*1H2;/q;;;2*-1;+4/p-2. The van der Waals surface area contributed by atoms with Gasteiger partial charge in [-0.3, -0.25) is 4.57 Å². The molecule has 0 amide bonds. The summed E-state index contributed by atoms with van der Waals surface area (Å²) in [6.07, 6.45) is 22.2. The maximum Gasteiger partial charge on any atom is -0.693 e. The van der Waals surface area contributed by atoms with Gasteiger partial charge in [-0.2, -0.15) is 0 Å². The van der Waals surface area contributed by atoms with Crippen molar-refractivity contribution >= 4 is 26.7 Å². The van der Waals surface area contributed by atoms with Crippen LogP contribution < -0.4 is 4.89 Å². The fourth-order valence-electron chi connectivity index (χ4n) is 4.39. The van der Waals surface area contributed by atoms with Crippen LogP contribution in [0.1, 0.15) is 122 Å². The molecule has 11 heteroatoms. The number of halogens is 2. The maximum absolute atomic E-state index is 12.0. The Balaban J connectivity index is -0.00000207. The first-order valence-corrected chi connectivity index (χ1v) is 20.6. The molecule has 1 fully saturated rings. The Labute approximate surface area is 239 Å². The van der Waals surface area contributed by atoms with Gasteiger partial charge in [-0.1, -0.05) is 103 Å². The van der Waals surface area contributed by atoms with Crippen LogP contribution in [0.4, 0.5) is 0 Å². The minimum absolute atomic E-state index is 0. The van der Waals surface area contributed by atoms with E-state index in [0.29, 0.717) is 0 Å². The van der Waals surface area contributed by atoms with Crippen LogP contribution in [0.3, 0.4) is 0 Å². The van der Waals surface area contributed by atoms with Gasteiger partial charge in [0, 0.05) is 12.8 Å². The Morgan fingerprint density at radius 2 is 1.11 bits per heavy atom. The predicted molar refractivity (Wildman–Crippen MR) is 151 cm³/mol. The first kappa shape index (κ1) is 41.7. The molecule has 1 aliphatic heterocycles. The number of unbranched alkanes of at least 4 members (excludes halogenated alkanes) is 15. The van der Waals surface area contributed by atoms with Crippen molar-refractivity contribution in [1.29, 1.82) is 0 Å². The zero-order valence-electron chi connectivity index (χ0n) is 23.2. The number of hydrogen-bond acceptors (Lipinski definition) is 4. The van der Waals surface area contributed by atoms with Crippen molar-refractivity contribution in [1.82, 2.24) is 0 Å². The van der Waals surface area contributed by atoms with E-state index in [4.69, 9.17) is 27.9 Å². The molecule has 1 saturated heterocycles. The molecule has 0 saturated carbocycles. The van der Waals surface area contributed by atoms with Crippen LogP contribution in [0.2, 0.25) is 0 Å². The van der Waals surface area contributed by atoms with Crippen LogP contribution in [-0.4, -0.2) is 44.4 Å². The number of nitrogens with two attached hydrogens (primary N) is 2. The molecule has 0 radical (unpaired) electrons. The number of phosphoric ester groups is 1. The minimum Gasteiger partial charge on any atom is -0.693 e. The second kappa shape index (κ2) is 27.8. The SMILES string of the molecule is CCCCCCCCCCCCCCCCCCOP(=O)([O-])OC1CC[N+](C)(C)CC1.[Cl][Pt+2][Cl].[NH2-].[NH2-]. The topological polar surface area (TPSA) is 126 Å². The molecule has 0 aromatic rings. The van der Waals surface area contributed by atoms with E-state index in [1.807, 2.05) is 0 Å². The van der Waals surface area contributed by atoms with Gasteiger partial charge in [0.2, 0.25) is 0 Å². The van der Waals surface area contributed by atoms with Crippen molar-refractivity contribution in [3.63, 3.8) is 0 Å². The third kappa shape index (κ3) is 28.3. The Morgan fingerprint density at radius 3 is 1.47 bits per heavy atom. The van der Waals surface area contributed by atoms with Gasteiger partial charge in [-0.15, -0.1) is 0 Å². The normalized spacial score (nSPS) is 16.8. The summed E-state index contributed by atoms with van der Waals surface area (Å²) in [5.41, 5.74) is 0. The summed E-state index contributed by atoms with van der Waals surface area (Å²) in [5.74, 6) is 0. The molecule has 7 nitrogen and oxygen atoms in total. The number of hydrogen-bond donors (Lipinski definition) is 0. The molecule has 4 N–H and O–H groups in total. The van der Waals surface area contributed by atoms with Crippen LogP contribution in [0, 0.1) is 0 Å². The smallest absolute Gasteiger partial charge is 0.693 e. The van der Waals surface area contributed by atoms with Gasteiger partial charge < -0.3 is 30.7 Å². The van der Waals surface area contributed by atoms with E-state index in [9.17, 15) is 9.46 Å². The fourth-order valence-corrected chi connectivity index (χ4v) is 5.38. The van der Waals surface area contributed by atoms with Gasteiger partial charge >= 0.3 is 35.3 Å². The molecule has 224 valence electrons. The van der Waals surface area contributed by atoms with E-state index in [0.717, 1.165) is 43.3 Å². The summed E-state index contributed by atoms with van der Waals surface area (Å²) in [6.45, 7) is 4.43. The molecule has 0 aromatic heterocycles. The number of nitrogens with zero attached hydrogens (tertiary/aromatic N) is 1. The quantitative estimate of drug-likeness (QED) is 0.0696. The molecule has 1 atom stereocenters. The molecular formula is C25H56Cl2N3O4PPt. The van der Waals surface area contributed by atoms with Crippen LogP contribution in [0.25, 0.3) is 12.3 Å². The fraction of sp³-hybridized carbons (Fsp3) is 1.00. The molecule has 0 spiro atoms. The third-order valence-corrected chi connectivity index (χ3v) is 7.69. The van der Waals surface area contributed by atoms with Gasteiger partial charge in [-0.05, 0) is 6.42 Å². The van der Waals surface area contributed by atoms with Crippen molar-refractivity contribution in [2.24, 2.45) is 0 Å². The van der Waals surface area contributed by atoms with E-state index in [-0.39, 0.29) is 25.0 Å². The zero-order chi connectivity index (χ0) is 25.5. The number of phosphoric acid groups is 1. The average molecular weight is 760 g/mol. The van der Waals surface area contributed by atoms with E-state index in [1.165, 1.54) is 89.9 Å². The summed E-state index contributed by atoms with van der Waals surface area (Å²) in [5, 5.41) is 0. The van der Waals surface area contributed by atoms with E-state index in [1.54, 1.807) is 0 Å². The van der Waals surface area contributed by atoms with Crippen molar-refractivity contribution < 1.29 is 39.5 Å². The predicted octanol–water partition coefficient (Wildman–Crippen LogP) is 9.80. The Hall–Kier alpha value is 1.26. The number of rotatable bonds is 20. The molecule has 0 aliphatic carbocycles. The molecular weight excluding hydrogens is 703 g/mol. The van der Waals surface area contributed by atoms with Gasteiger partial charge in [-0.25, -0.2) is 0 Å². The average Bonchev–Trinajstić information content (AvgIpc) is 2.78. The number of quaternary nitrogens is 1. The maximum atomic E-state index is 12.0. The summed E-state index contributed by atoms with van der Waals surface area (Å²) in [4.78, 5) is 12.0. The molecule has 0 aromatic carbocycles. The van der Waals surface area contributed by atoms with Crippen LogP contribution in [0.15, 0.2) is 0 Å². The monoisotopic (exact) mass is 758 g/mol. The van der Waals surface area contributed by atoms with Gasteiger partial charge in [0.25, 0.3) is 7.82 Å². The molecule has 36 heavy (non-hydrogen) atoms. The van der Waals surface area contributed by atoms with E-state index < -0.39 is 24.3 Å².